The molecule has 0 radical (unpaired) electrons. The van der Waals surface area contributed by atoms with Crippen molar-refractivity contribution in [3.63, 3.8) is 0 Å². The summed E-state index contributed by atoms with van der Waals surface area (Å²) in [5.41, 5.74) is 1.23. The van der Waals surface area contributed by atoms with E-state index in [9.17, 15) is 18.6 Å². The average molecular weight is 282 g/mol. The molecular formula is C12H14N2O4S. The van der Waals surface area contributed by atoms with Gasteiger partial charge in [0, 0.05) is 28.9 Å². The van der Waals surface area contributed by atoms with Gasteiger partial charge in [-0.3, -0.25) is 9.98 Å². The van der Waals surface area contributed by atoms with Crippen LogP contribution in [0.25, 0.3) is 0 Å². The second-order valence-corrected chi connectivity index (χ2v) is 6.22. The van der Waals surface area contributed by atoms with Crippen LogP contribution >= 0.6 is 0 Å². The first kappa shape index (κ1) is 13.7. The predicted octanol–water partition coefficient (Wildman–Crippen LogP) is 0.318. The summed E-state index contributed by atoms with van der Waals surface area (Å²) in [6.45, 7) is 1.36. The number of pyridine rings is 1. The third-order valence-electron chi connectivity index (χ3n) is 2.83. The van der Waals surface area contributed by atoms with Gasteiger partial charge in [0.25, 0.3) is 0 Å². The summed E-state index contributed by atoms with van der Waals surface area (Å²) in [4.78, 5) is 8.04. The quantitative estimate of drug-likeness (QED) is 0.778. The maximum Gasteiger partial charge on any atom is 0.173 e. The van der Waals surface area contributed by atoms with Crippen molar-refractivity contribution in [2.24, 2.45) is 4.99 Å². The third kappa shape index (κ3) is 2.99. The van der Waals surface area contributed by atoms with Crippen molar-refractivity contribution in [2.75, 3.05) is 5.75 Å². The Morgan fingerprint density at radius 1 is 1.58 bits per heavy atom. The van der Waals surface area contributed by atoms with Crippen LogP contribution in [-0.2, 0) is 16.4 Å². The Hall–Kier alpha value is -1.73. The number of rotatable bonds is 3. The first-order valence-electron chi connectivity index (χ1n) is 5.65. The maximum atomic E-state index is 11.2. The fraction of sp³-hybridized carbons (Fsp3) is 0.333. The number of hydrogen-bond acceptors (Lipinski definition) is 6. The number of aryl methyl sites for hydroxylation is 1. The number of nitrogens with zero attached hydrogens (tertiary/aromatic N) is 2. The Kier molecular flexibility index (Phi) is 3.68. The Labute approximate surface area is 111 Å². The molecule has 0 saturated carbocycles. The second kappa shape index (κ2) is 5.10. The van der Waals surface area contributed by atoms with Crippen LogP contribution in [0.15, 0.2) is 22.7 Å². The first-order valence-corrected chi connectivity index (χ1v) is 7.37. The fourth-order valence-electron chi connectivity index (χ4n) is 1.74. The molecule has 0 aliphatic carbocycles. The number of sulfone groups is 1. The lowest BCUT2D eigenvalue weighted by Gasteiger charge is -2.07. The van der Waals surface area contributed by atoms with Gasteiger partial charge in [0.05, 0.1) is 24.1 Å². The smallest absolute Gasteiger partial charge is 0.173 e. The number of aliphatic hydroxyl groups excluding tert-OH is 1. The van der Waals surface area contributed by atoms with Crippen LogP contribution in [0, 0.1) is 6.92 Å². The van der Waals surface area contributed by atoms with E-state index in [-0.39, 0.29) is 18.1 Å². The highest BCUT2D eigenvalue weighted by Crippen LogP contribution is 2.22. The zero-order valence-corrected chi connectivity index (χ0v) is 11.1. The molecule has 0 fully saturated rings. The molecule has 0 spiro atoms. The Morgan fingerprint density at radius 3 is 2.89 bits per heavy atom. The van der Waals surface area contributed by atoms with Crippen LogP contribution in [0.3, 0.4) is 0 Å². The lowest BCUT2D eigenvalue weighted by atomic mass is 10.1. The van der Waals surface area contributed by atoms with Gasteiger partial charge in [-0.05, 0) is 13.0 Å². The molecule has 19 heavy (non-hydrogen) atoms. The fourth-order valence-corrected chi connectivity index (χ4v) is 2.95. The monoisotopic (exact) mass is 282 g/mol. The van der Waals surface area contributed by atoms with E-state index in [1.165, 1.54) is 18.5 Å². The maximum absolute atomic E-state index is 11.2. The lowest BCUT2D eigenvalue weighted by molar-refractivity contribution is 0.280. The normalized spacial score (nSPS) is 21.3. The van der Waals surface area contributed by atoms with Crippen molar-refractivity contribution >= 4 is 16.1 Å². The highest BCUT2D eigenvalue weighted by Gasteiger charge is 2.20. The van der Waals surface area contributed by atoms with Crippen LogP contribution in [0.2, 0.25) is 0 Å². The van der Waals surface area contributed by atoms with Gasteiger partial charge in [0.1, 0.15) is 5.75 Å². The molecular weight excluding hydrogens is 268 g/mol. The highest BCUT2D eigenvalue weighted by atomic mass is 32.2. The zero-order valence-electron chi connectivity index (χ0n) is 10.3. The van der Waals surface area contributed by atoms with Crippen molar-refractivity contribution in [3.8, 4) is 5.75 Å². The molecule has 2 rings (SSSR count). The number of hydrogen-bond donors (Lipinski definition) is 2. The molecule has 0 bridgehead atoms. The molecule has 1 aromatic heterocycles. The van der Waals surface area contributed by atoms with E-state index in [4.69, 9.17) is 0 Å². The van der Waals surface area contributed by atoms with Gasteiger partial charge in [-0.2, -0.15) is 0 Å². The topological polar surface area (TPSA) is 99.9 Å². The molecule has 1 aromatic rings. The van der Waals surface area contributed by atoms with E-state index in [1.54, 1.807) is 6.92 Å². The minimum absolute atomic E-state index is 0.0554. The molecule has 6 nitrogen and oxygen atoms in total. The van der Waals surface area contributed by atoms with E-state index < -0.39 is 15.9 Å². The van der Waals surface area contributed by atoms with E-state index in [1.807, 2.05) is 0 Å². The van der Waals surface area contributed by atoms with E-state index in [0.717, 1.165) is 5.41 Å². The molecule has 1 atom stereocenters. The molecule has 0 aromatic carbocycles. The van der Waals surface area contributed by atoms with Gasteiger partial charge in [0.15, 0.2) is 9.84 Å². The number of aromatic nitrogens is 1. The summed E-state index contributed by atoms with van der Waals surface area (Å²) in [7, 11) is -3.15. The van der Waals surface area contributed by atoms with Gasteiger partial charge in [-0.1, -0.05) is 0 Å². The minimum atomic E-state index is -3.15. The molecule has 0 unspecified atom stereocenters. The molecule has 7 heteroatoms. The van der Waals surface area contributed by atoms with Crippen LogP contribution in [0.5, 0.6) is 5.75 Å². The SMILES string of the molecule is Cc1ncc(CO)c(C=N[C@@H]2C=CS(=O)(=O)C2)c1O. The first-order chi connectivity index (χ1) is 8.93. The molecule has 0 saturated heterocycles. The average Bonchev–Trinajstić information content (AvgIpc) is 2.71. The van der Waals surface area contributed by atoms with Gasteiger partial charge >= 0.3 is 0 Å². The van der Waals surface area contributed by atoms with Crippen molar-refractivity contribution < 1.29 is 18.6 Å². The summed E-state index contributed by atoms with van der Waals surface area (Å²) in [6, 6.07) is -0.454. The summed E-state index contributed by atoms with van der Waals surface area (Å²) in [5, 5.41) is 20.2. The molecule has 102 valence electrons. The van der Waals surface area contributed by atoms with Crippen molar-refractivity contribution in [1.29, 1.82) is 0 Å². The molecule has 2 heterocycles. The van der Waals surface area contributed by atoms with Gasteiger partial charge in [-0.15, -0.1) is 0 Å². The van der Waals surface area contributed by atoms with Crippen LogP contribution in [0.4, 0.5) is 0 Å². The highest BCUT2D eigenvalue weighted by molar-refractivity contribution is 7.94. The van der Waals surface area contributed by atoms with E-state index in [2.05, 4.69) is 9.98 Å². The summed E-state index contributed by atoms with van der Waals surface area (Å²) >= 11 is 0. The number of aliphatic imine (C=N–C) groups is 1. The molecule has 1 aliphatic rings. The Bertz CT molecular complexity index is 650. The second-order valence-electron chi connectivity index (χ2n) is 4.29. The largest absolute Gasteiger partial charge is 0.505 e. The van der Waals surface area contributed by atoms with Crippen LogP contribution in [0.1, 0.15) is 16.8 Å². The summed E-state index contributed by atoms with van der Waals surface area (Å²) in [5.74, 6) is -0.122. The Balaban J connectivity index is 2.29. The molecule has 2 N–H and O–H groups in total. The molecule has 0 amide bonds. The van der Waals surface area contributed by atoms with Crippen molar-refractivity contribution in [2.45, 2.75) is 19.6 Å². The zero-order chi connectivity index (χ0) is 14.0. The number of aliphatic hydroxyl groups is 1. The predicted molar refractivity (Wildman–Crippen MR) is 70.9 cm³/mol. The standard InChI is InChI=1S/C12H14N2O4S/c1-8-12(16)11(9(6-15)4-13-8)5-14-10-2-3-19(17,18)7-10/h2-5,10,15-16H,6-7H2,1H3/t10-/m1/s1. The Morgan fingerprint density at radius 2 is 2.32 bits per heavy atom. The summed E-state index contributed by atoms with van der Waals surface area (Å²) in [6.07, 6.45) is 4.33. The van der Waals surface area contributed by atoms with Crippen molar-refractivity contribution in [3.05, 3.63) is 34.5 Å². The van der Waals surface area contributed by atoms with Crippen LogP contribution in [-0.4, -0.2) is 41.6 Å². The summed E-state index contributed by atoms with van der Waals surface area (Å²) < 4.78 is 22.5. The molecule has 1 aliphatic heterocycles. The van der Waals surface area contributed by atoms with Crippen LogP contribution < -0.4 is 0 Å². The van der Waals surface area contributed by atoms with E-state index in [0.29, 0.717) is 16.8 Å². The van der Waals surface area contributed by atoms with E-state index >= 15 is 0 Å². The number of aromatic hydroxyl groups is 1. The van der Waals surface area contributed by atoms with Gasteiger partial charge in [0.2, 0.25) is 0 Å². The third-order valence-corrected chi connectivity index (χ3v) is 4.21. The van der Waals surface area contributed by atoms with Gasteiger partial charge in [-0.25, -0.2) is 8.42 Å². The van der Waals surface area contributed by atoms with Crippen molar-refractivity contribution in [1.82, 2.24) is 4.98 Å². The lowest BCUT2D eigenvalue weighted by Crippen LogP contribution is -2.09. The minimum Gasteiger partial charge on any atom is -0.505 e. The van der Waals surface area contributed by atoms with Gasteiger partial charge < -0.3 is 10.2 Å².